The largest absolute Gasteiger partial charge is 0.493 e. The van der Waals surface area contributed by atoms with Crippen molar-refractivity contribution in [1.29, 1.82) is 0 Å². The number of benzene rings is 1. The van der Waals surface area contributed by atoms with Crippen LogP contribution in [0.2, 0.25) is 0 Å². The van der Waals surface area contributed by atoms with Crippen molar-refractivity contribution in [2.75, 3.05) is 26.2 Å². The third-order valence-electron chi connectivity index (χ3n) is 1.77. The SMILES string of the molecule is COCOC(=O)CCOc1cccc(N)c1. The summed E-state index contributed by atoms with van der Waals surface area (Å²) in [5.74, 6) is 0.283. The third-order valence-corrected chi connectivity index (χ3v) is 1.77. The zero-order valence-electron chi connectivity index (χ0n) is 9.14. The third kappa shape index (κ3) is 4.65. The second kappa shape index (κ2) is 6.68. The van der Waals surface area contributed by atoms with Crippen LogP contribution < -0.4 is 10.5 Å². The van der Waals surface area contributed by atoms with Crippen LogP contribution in [0.5, 0.6) is 5.75 Å². The van der Waals surface area contributed by atoms with Gasteiger partial charge in [-0.05, 0) is 12.1 Å². The Morgan fingerprint density at radius 1 is 1.44 bits per heavy atom. The first-order valence-electron chi connectivity index (χ1n) is 4.85. The van der Waals surface area contributed by atoms with Crippen molar-refractivity contribution in [3.63, 3.8) is 0 Å². The van der Waals surface area contributed by atoms with E-state index in [1.165, 1.54) is 7.11 Å². The molecule has 5 heteroatoms. The van der Waals surface area contributed by atoms with Gasteiger partial charge in [0.25, 0.3) is 0 Å². The second-order valence-corrected chi connectivity index (χ2v) is 3.09. The van der Waals surface area contributed by atoms with Gasteiger partial charge in [-0.15, -0.1) is 0 Å². The highest BCUT2D eigenvalue weighted by Crippen LogP contribution is 2.14. The number of hydrogen-bond donors (Lipinski definition) is 1. The highest BCUT2D eigenvalue weighted by Gasteiger charge is 2.02. The molecule has 0 unspecified atom stereocenters. The minimum Gasteiger partial charge on any atom is -0.493 e. The van der Waals surface area contributed by atoms with E-state index in [2.05, 4.69) is 9.47 Å². The molecule has 0 aliphatic heterocycles. The van der Waals surface area contributed by atoms with E-state index in [0.717, 1.165) is 0 Å². The molecule has 2 N–H and O–H groups in total. The molecule has 0 fully saturated rings. The van der Waals surface area contributed by atoms with Gasteiger partial charge in [0.15, 0.2) is 6.79 Å². The number of nitrogens with two attached hydrogens (primary N) is 1. The van der Waals surface area contributed by atoms with Crippen LogP contribution in [0.15, 0.2) is 24.3 Å². The van der Waals surface area contributed by atoms with Crippen molar-refractivity contribution in [2.24, 2.45) is 0 Å². The lowest BCUT2D eigenvalue weighted by Gasteiger charge is -2.06. The molecule has 16 heavy (non-hydrogen) atoms. The molecule has 88 valence electrons. The lowest BCUT2D eigenvalue weighted by atomic mass is 10.3. The van der Waals surface area contributed by atoms with Gasteiger partial charge in [0.05, 0.1) is 13.0 Å². The molecule has 1 rings (SSSR count). The summed E-state index contributed by atoms with van der Waals surface area (Å²) in [6, 6.07) is 7.02. The van der Waals surface area contributed by atoms with E-state index in [9.17, 15) is 4.79 Å². The van der Waals surface area contributed by atoms with Crippen LogP contribution in [0, 0.1) is 0 Å². The molecule has 0 atom stereocenters. The molecular weight excluding hydrogens is 210 g/mol. The number of nitrogen functional groups attached to an aromatic ring is 1. The normalized spacial score (nSPS) is 9.81. The maximum Gasteiger partial charge on any atom is 0.311 e. The lowest BCUT2D eigenvalue weighted by Crippen LogP contribution is -2.11. The first-order valence-corrected chi connectivity index (χ1v) is 4.85. The van der Waals surface area contributed by atoms with Crippen LogP contribution in [-0.2, 0) is 14.3 Å². The molecule has 0 heterocycles. The summed E-state index contributed by atoms with van der Waals surface area (Å²) >= 11 is 0. The highest BCUT2D eigenvalue weighted by atomic mass is 16.7. The summed E-state index contributed by atoms with van der Waals surface area (Å²) in [4.78, 5) is 11.1. The van der Waals surface area contributed by atoms with Crippen LogP contribution in [0.3, 0.4) is 0 Å². The highest BCUT2D eigenvalue weighted by molar-refractivity contribution is 5.69. The Morgan fingerprint density at radius 3 is 2.94 bits per heavy atom. The van der Waals surface area contributed by atoms with Crippen LogP contribution >= 0.6 is 0 Å². The van der Waals surface area contributed by atoms with Crippen molar-refractivity contribution in [1.82, 2.24) is 0 Å². The minimum atomic E-state index is -0.356. The Balaban J connectivity index is 2.22. The van der Waals surface area contributed by atoms with Gasteiger partial charge in [0.2, 0.25) is 0 Å². The Bertz CT molecular complexity index is 341. The van der Waals surface area contributed by atoms with E-state index in [1.807, 2.05) is 0 Å². The fraction of sp³-hybridized carbons (Fsp3) is 0.364. The topological polar surface area (TPSA) is 70.8 Å². The van der Waals surface area contributed by atoms with E-state index in [-0.39, 0.29) is 25.8 Å². The number of carbonyl (C=O) groups excluding carboxylic acids is 1. The van der Waals surface area contributed by atoms with Crippen LogP contribution in [0.25, 0.3) is 0 Å². The van der Waals surface area contributed by atoms with Crippen molar-refractivity contribution in [2.45, 2.75) is 6.42 Å². The summed E-state index contributed by atoms with van der Waals surface area (Å²) < 4.78 is 14.6. The average molecular weight is 225 g/mol. The van der Waals surface area contributed by atoms with E-state index >= 15 is 0 Å². The standard InChI is InChI=1S/C11H15NO4/c1-14-8-16-11(13)5-6-15-10-4-2-3-9(12)7-10/h2-4,7H,5-6,8,12H2,1H3. The van der Waals surface area contributed by atoms with Crippen molar-refractivity contribution >= 4 is 11.7 Å². The van der Waals surface area contributed by atoms with Gasteiger partial charge >= 0.3 is 5.97 Å². The van der Waals surface area contributed by atoms with Gasteiger partial charge in [-0.3, -0.25) is 4.79 Å². The van der Waals surface area contributed by atoms with Gasteiger partial charge in [-0.1, -0.05) is 6.07 Å². The molecule has 1 aromatic carbocycles. The summed E-state index contributed by atoms with van der Waals surface area (Å²) in [6.07, 6.45) is 0.179. The predicted octanol–water partition coefficient (Wildman–Crippen LogP) is 1.18. The van der Waals surface area contributed by atoms with Crippen molar-refractivity contribution < 1.29 is 19.0 Å². The van der Waals surface area contributed by atoms with E-state index in [1.54, 1.807) is 24.3 Å². The number of methoxy groups -OCH3 is 1. The average Bonchev–Trinajstić information content (AvgIpc) is 2.26. The second-order valence-electron chi connectivity index (χ2n) is 3.09. The zero-order chi connectivity index (χ0) is 11.8. The number of hydrogen-bond acceptors (Lipinski definition) is 5. The minimum absolute atomic E-state index is 0.0306. The van der Waals surface area contributed by atoms with Crippen molar-refractivity contribution in [3.05, 3.63) is 24.3 Å². The number of esters is 1. The van der Waals surface area contributed by atoms with Gasteiger partial charge in [0.1, 0.15) is 5.75 Å². The Hall–Kier alpha value is -1.75. The molecule has 0 aromatic heterocycles. The molecule has 0 saturated heterocycles. The Labute approximate surface area is 94.1 Å². The Morgan fingerprint density at radius 2 is 2.25 bits per heavy atom. The van der Waals surface area contributed by atoms with Crippen molar-refractivity contribution in [3.8, 4) is 5.75 Å². The molecule has 5 nitrogen and oxygen atoms in total. The molecule has 0 radical (unpaired) electrons. The number of rotatable bonds is 6. The summed E-state index contributed by atoms with van der Waals surface area (Å²) in [7, 11) is 1.45. The quantitative estimate of drug-likeness (QED) is 0.447. The molecule has 0 amide bonds. The summed E-state index contributed by atoms with van der Waals surface area (Å²) in [6.45, 7) is 0.225. The van der Waals surface area contributed by atoms with E-state index in [0.29, 0.717) is 11.4 Å². The fourth-order valence-corrected chi connectivity index (χ4v) is 1.05. The molecule has 0 saturated carbocycles. The molecular formula is C11H15NO4. The van der Waals surface area contributed by atoms with E-state index < -0.39 is 0 Å². The maximum atomic E-state index is 11.1. The number of anilines is 1. The van der Waals surface area contributed by atoms with Gasteiger partial charge < -0.3 is 19.9 Å². The first-order chi connectivity index (χ1) is 7.72. The maximum absolute atomic E-state index is 11.1. The number of ether oxygens (including phenoxy) is 3. The number of carbonyl (C=O) groups is 1. The zero-order valence-corrected chi connectivity index (χ0v) is 9.14. The molecule has 0 aliphatic carbocycles. The van der Waals surface area contributed by atoms with Gasteiger partial charge in [0, 0.05) is 18.9 Å². The lowest BCUT2D eigenvalue weighted by molar-refractivity contribution is -0.154. The monoisotopic (exact) mass is 225 g/mol. The molecule has 0 bridgehead atoms. The van der Waals surface area contributed by atoms with Crippen LogP contribution in [-0.4, -0.2) is 26.5 Å². The van der Waals surface area contributed by atoms with E-state index in [4.69, 9.17) is 10.5 Å². The molecule has 0 aliphatic rings. The van der Waals surface area contributed by atoms with Crippen LogP contribution in [0.4, 0.5) is 5.69 Å². The first kappa shape index (κ1) is 12.3. The summed E-state index contributed by atoms with van der Waals surface area (Å²) in [5, 5.41) is 0. The summed E-state index contributed by atoms with van der Waals surface area (Å²) in [5.41, 5.74) is 6.19. The smallest absolute Gasteiger partial charge is 0.311 e. The predicted molar refractivity (Wildman–Crippen MR) is 58.9 cm³/mol. The van der Waals surface area contributed by atoms with Crippen LogP contribution in [0.1, 0.15) is 6.42 Å². The fourth-order valence-electron chi connectivity index (χ4n) is 1.05. The molecule has 1 aromatic rings. The van der Waals surface area contributed by atoms with Gasteiger partial charge in [-0.2, -0.15) is 0 Å². The Kier molecular flexibility index (Phi) is 5.15. The molecule has 0 spiro atoms. The van der Waals surface area contributed by atoms with Gasteiger partial charge in [-0.25, -0.2) is 0 Å².